The van der Waals surface area contributed by atoms with Crippen LogP contribution in [-0.4, -0.2) is 12.1 Å². The van der Waals surface area contributed by atoms with Crippen LogP contribution in [0.15, 0.2) is 48.8 Å². The second-order valence-electron chi connectivity index (χ2n) is 4.34. The largest absolute Gasteiger partial charge is 0.496 e. The van der Waals surface area contributed by atoms with Crippen LogP contribution in [0.4, 0.5) is 0 Å². The lowest BCUT2D eigenvalue weighted by Gasteiger charge is -2.22. The summed E-state index contributed by atoms with van der Waals surface area (Å²) in [6.45, 7) is 2.12. The standard InChI is InChI=1S/C15H18N2O/c1-11(12-7-9-17-10-8-12)15(16)13-5-3-4-6-14(13)18-2/h3-11,15H,16H2,1-2H3. The molecule has 0 radical (unpaired) electrons. The molecular weight excluding hydrogens is 224 g/mol. The number of methoxy groups -OCH3 is 1. The Morgan fingerprint density at radius 1 is 1.11 bits per heavy atom. The average Bonchev–Trinajstić information content (AvgIpc) is 2.46. The smallest absolute Gasteiger partial charge is 0.123 e. The zero-order valence-corrected chi connectivity index (χ0v) is 10.7. The maximum Gasteiger partial charge on any atom is 0.123 e. The molecule has 3 heteroatoms. The van der Waals surface area contributed by atoms with Crippen LogP contribution in [0.25, 0.3) is 0 Å². The topological polar surface area (TPSA) is 48.1 Å². The second kappa shape index (κ2) is 5.65. The summed E-state index contributed by atoms with van der Waals surface area (Å²) in [4.78, 5) is 4.03. The highest BCUT2D eigenvalue weighted by atomic mass is 16.5. The summed E-state index contributed by atoms with van der Waals surface area (Å²) in [5.74, 6) is 1.05. The van der Waals surface area contributed by atoms with Crippen molar-refractivity contribution < 1.29 is 4.74 Å². The molecular formula is C15H18N2O. The Labute approximate surface area is 108 Å². The van der Waals surface area contributed by atoms with Gasteiger partial charge in [-0.3, -0.25) is 4.98 Å². The maximum atomic E-state index is 6.35. The number of nitrogens with two attached hydrogens (primary N) is 1. The molecule has 0 saturated carbocycles. The van der Waals surface area contributed by atoms with E-state index in [1.165, 1.54) is 5.56 Å². The Morgan fingerprint density at radius 3 is 2.44 bits per heavy atom. The molecule has 2 rings (SSSR count). The van der Waals surface area contributed by atoms with Crippen molar-refractivity contribution in [3.63, 3.8) is 0 Å². The summed E-state index contributed by atoms with van der Waals surface area (Å²) in [7, 11) is 1.67. The van der Waals surface area contributed by atoms with E-state index in [1.54, 1.807) is 19.5 Å². The molecule has 2 N–H and O–H groups in total. The molecule has 94 valence electrons. The molecule has 1 aromatic heterocycles. The van der Waals surface area contributed by atoms with Gasteiger partial charge in [0, 0.05) is 29.9 Å². The van der Waals surface area contributed by atoms with Gasteiger partial charge in [-0.05, 0) is 23.8 Å². The number of pyridine rings is 1. The van der Waals surface area contributed by atoms with E-state index in [4.69, 9.17) is 10.5 Å². The zero-order valence-electron chi connectivity index (χ0n) is 10.7. The lowest BCUT2D eigenvalue weighted by Crippen LogP contribution is -2.18. The quantitative estimate of drug-likeness (QED) is 0.896. The van der Waals surface area contributed by atoms with E-state index < -0.39 is 0 Å². The van der Waals surface area contributed by atoms with Gasteiger partial charge in [0.2, 0.25) is 0 Å². The first-order valence-corrected chi connectivity index (χ1v) is 6.02. The first kappa shape index (κ1) is 12.6. The molecule has 0 aliphatic rings. The minimum atomic E-state index is -0.0939. The first-order chi connectivity index (χ1) is 8.74. The van der Waals surface area contributed by atoms with E-state index in [1.807, 2.05) is 36.4 Å². The van der Waals surface area contributed by atoms with Crippen LogP contribution in [-0.2, 0) is 0 Å². The van der Waals surface area contributed by atoms with E-state index in [0.717, 1.165) is 11.3 Å². The molecule has 0 aliphatic heterocycles. The number of aromatic nitrogens is 1. The molecule has 0 aliphatic carbocycles. The number of ether oxygens (including phenoxy) is 1. The molecule has 0 amide bonds. The minimum absolute atomic E-state index is 0.0939. The molecule has 2 atom stereocenters. The van der Waals surface area contributed by atoms with Crippen LogP contribution in [0.2, 0.25) is 0 Å². The van der Waals surface area contributed by atoms with E-state index >= 15 is 0 Å². The molecule has 2 aromatic rings. The number of hydrogen-bond donors (Lipinski definition) is 1. The van der Waals surface area contributed by atoms with E-state index in [0.29, 0.717) is 0 Å². The van der Waals surface area contributed by atoms with Gasteiger partial charge in [-0.25, -0.2) is 0 Å². The molecule has 1 aromatic carbocycles. The lowest BCUT2D eigenvalue weighted by molar-refractivity contribution is 0.402. The molecule has 0 saturated heterocycles. The van der Waals surface area contributed by atoms with Crippen molar-refractivity contribution in [1.29, 1.82) is 0 Å². The SMILES string of the molecule is COc1ccccc1C(N)C(C)c1ccncc1. The van der Waals surface area contributed by atoms with Crippen molar-refractivity contribution in [2.45, 2.75) is 18.9 Å². The third kappa shape index (κ3) is 2.51. The average molecular weight is 242 g/mol. The summed E-state index contributed by atoms with van der Waals surface area (Å²) in [6, 6.07) is 11.8. The van der Waals surface area contributed by atoms with Gasteiger partial charge >= 0.3 is 0 Å². The van der Waals surface area contributed by atoms with Crippen LogP contribution < -0.4 is 10.5 Å². The van der Waals surface area contributed by atoms with Gasteiger partial charge in [0.05, 0.1) is 7.11 Å². The maximum absolute atomic E-state index is 6.35. The summed E-state index contributed by atoms with van der Waals surface area (Å²) in [5, 5.41) is 0. The first-order valence-electron chi connectivity index (χ1n) is 6.02. The Bertz CT molecular complexity index is 499. The summed E-state index contributed by atoms with van der Waals surface area (Å²) in [5.41, 5.74) is 8.56. The molecule has 0 spiro atoms. The second-order valence-corrected chi connectivity index (χ2v) is 4.34. The van der Waals surface area contributed by atoms with Gasteiger partial charge in [-0.2, -0.15) is 0 Å². The minimum Gasteiger partial charge on any atom is -0.496 e. The Kier molecular flexibility index (Phi) is 3.95. The van der Waals surface area contributed by atoms with E-state index in [2.05, 4.69) is 11.9 Å². The van der Waals surface area contributed by atoms with E-state index in [9.17, 15) is 0 Å². The lowest BCUT2D eigenvalue weighted by atomic mass is 9.89. The Morgan fingerprint density at radius 2 is 1.78 bits per heavy atom. The van der Waals surface area contributed by atoms with Crippen molar-refractivity contribution in [2.24, 2.45) is 5.73 Å². The summed E-state index contributed by atoms with van der Waals surface area (Å²) < 4.78 is 5.36. The molecule has 2 unspecified atom stereocenters. The van der Waals surface area contributed by atoms with Crippen molar-refractivity contribution in [3.8, 4) is 5.75 Å². The van der Waals surface area contributed by atoms with E-state index in [-0.39, 0.29) is 12.0 Å². The van der Waals surface area contributed by atoms with Gasteiger partial charge in [0.15, 0.2) is 0 Å². The van der Waals surface area contributed by atoms with Gasteiger partial charge < -0.3 is 10.5 Å². The van der Waals surface area contributed by atoms with Crippen molar-refractivity contribution in [2.75, 3.05) is 7.11 Å². The van der Waals surface area contributed by atoms with Crippen molar-refractivity contribution in [3.05, 3.63) is 59.9 Å². The highest BCUT2D eigenvalue weighted by molar-refractivity contribution is 5.37. The van der Waals surface area contributed by atoms with Gasteiger partial charge in [0.1, 0.15) is 5.75 Å². The summed E-state index contributed by atoms with van der Waals surface area (Å²) in [6.07, 6.45) is 3.58. The zero-order chi connectivity index (χ0) is 13.0. The number of rotatable bonds is 4. The molecule has 0 fully saturated rings. The van der Waals surface area contributed by atoms with Crippen LogP contribution >= 0.6 is 0 Å². The number of para-hydroxylation sites is 1. The van der Waals surface area contributed by atoms with Crippen LogP contribution in [0.3, 0.4) is 0 Å². The van der Waals surface area contributed by atoms with Crippen LogP contribution in [0, 0.1) is 0 Å². The number of nitrogens with zero attached hydrogens (tertiary/aromatic N) is 1. The molecule has 3 nitrogen and oxygen atoms in total. The normalized spacial score (nSPS) is 13.9. The Hall–Kier alpha value is -1.87. The predicted molar refractivity (Wildman–Crippen MR) is 72.6 cm³/mol. The van der Waals surface area contributed by atoms with Crippen LogP contribution in [0.1, 0.15) is 30.0 Å². The predicted octanol–water partition coefficient (Wildman–Crippen LogP) is 2.89. The third-order valence-electron chi connectivity index (χ3n) is 3.27. The Balaban J connectivity index is 2.28. The van der Waals surface area contributed by atoms with Gasteiger partial charge in [-0.1, -0.05) is 25.1 Å². The fraction of sp³-hybridized carbons (Fsp3) is 0.267. The fourth-order valence-electron chi connectivity index (χ4n) is 2.09. The monoisotopic (exact) mass is 242 g/mol. The number of hydrogen-bond acceptors (Lipinski definition) is 3. The highest BCUT2D eigenvalue weighted by Crippen LogP contribution is 2.33. The number of benzene rings is 1. The van der Waals surface area contributed by atoms with Crippen molar-refractivity contribution in [1.82, 2.24) is 4.98 Å². The van der Waals surface area contributed by atoms with Crippen molar-refractivity contribution >= 4 is 0 Å². The van der Waals surface area contributed by atoms with Gasteiger partial charge in [-0.15, -0.1) is 0 Å². The highest BCUT2D eigenvalue weighted by Gasteiger charge is 2.19. The molecule has 0 bridgehead atoms. The molecule has 1 heterocycles. The summed E-state index contributed by atoms with van der Waals surface area (Å²) >= 11 is 0. The van der Waals surface area contributed by atoms with Crippen LogP contribution in [0.5, 0.6) is 5.75 Å². The van der Waals surface area contributed by atoms with Gasteiger partial charge in [0.25, 0.3) is 0 Å². The fourth-order valence-corrected chi connectivity index (χ4v) is 2.09. The molecule has 18 heavy (non-hydrogen) atoms. The third-order valence-corrected chi connectivity index (χ3v) is 3.27.